The highest BCUT2D eigenvalue weighted by Gasteiger charge is 2.19. The van der Waals surface area contributed by atoms with Gasteiger partial charge in [-0.2, -0.15) is 0 Å². The topological polar surface area (TPSA) is 38.5 Å². The molecule has 0 radical (unpaired) electrons. The summed E-state index contributed by atoms with van der Waals surface area (Å²) in [5, 5.41) is 0. The van der Waals surface area contributed by atoms with Crippen LogP contribution in [0.5, 0.6) is 5.75 Å². The van der Waals surface area contributed by atoms with Crippen molar-refractivity contribution in [2.75, 3.05) is 30.8 Å². The molecule has 0 aliphatic carbocycles. The van der Waals surface area contributed by atoms with Crippen LogP contribution in [0.15, 0.2) is 18.2 Å². The van der Waals surface area contributed by atoms with E-state index in [1.807, 2.05) is 12.1 Å². The largest absolute Gasteiger partial charge is 0.495 e. The van der Waals surface area contributed by atoms with Crippen LogP contribution in [0.2, 0.25) is 0 Å². The average molecular weight is 234 g/mol. The molecule has 1 atom stereocenters. The van der Waals surface area contributed by atoms with Gasteiger partial charge in [-0.15, -0.1) is 0 Å². The predicted octanol–water partition coefficient (Wildman–Crippen LogP) is 2.90. The molecule has 3 heteroatoms. The molecule has 2 N–H and O–H groups in total. The number of nitrogens with two attached hydrogens (primary N) is 1. The number of methoxy groups -OCH3 is 1. The highest BCUT2D eigenvalue weighted by molar-refractivity contribution is 5.62. The lowest BCUT2D eigenvalue weighted by atomic mass is 9.95. The van der Waals surface area contributed by atoms with Crippen LogP contribution in [-0.2, 0) is 0 Å². The minimum Gasteiger partial charge on any atom is -0.495 e. The van der Waals surface area contributed by atoms with E-state index in [9.17, 15) is 0 Å². The fourth-order valence-electron chi connectivity index (χ4n) is 2.53. The predicted molar refractivity (Wildman–Crippen MR) is 72.6 cm³/mol. The van der Waals surface area contributed by atoms with Crippen LogP contribution in [0.25, 0.3) is 0 Å². The normalized spacial score (nSPS) is 20.4. The molecule has 1 saturated heterocycles. The van der Waals surface area contributed by atoms with Crippen molar-refractivity contribution in [2.24, 2.45) is 5.92 Å². The monoisotopic (exact) mass is 234 g/mol. The molecule has 3 nitrogen and oxygen atoms in total. The van der Waals surface area contributed by atoms with Gasteiger partial charge in [0.1, 0.15) is 5.75 Å². The second kappa shape index (κ2) is 5.30. The first-order chi connectivity index (χ1) is 8.24. The van der Waals surface area contributed by atoms with Gasteiger partial charge in [-0.05, 0) is 30.9 Å². The van der Waals surface area contributed by atoms with Crippen LogP contribution >= 0.6 is 0 Å². The van der Waals surface area contributed by atoms with E-state index in [-0.39, 0.29) is 0 Å². The first-order valence-electron chi connectivity index (χ1n) is 6.43. The maximum atomic E-state index is 5.84. The summed E-state index contributed by atoms with van der Waals surface area (Å²) in [4.78, 5) is 2.44. The van der Waals surface area contributed by atoms with E-state index >= 15 is 0 Å². The van der Waals surface area contributed by atoms with Crippen LogP contribution in [0.1, 0.15) is 26.2 Å². The van der Waals surface area contributed by atoms with Gasteiger partial charge in [-0.25, -0.2) is 0 Å². The standard InChI is InChI=1S/C14H22N2O/c1-3-11-5-4-8-16(10-11)12-6-7-13(15)14(9-12)17-2/h6-7,9,11H,3-5,8,10,15H2,1-2H3. The fourth-order valence-corrected chi connectivity index (χ4v) is 2.53. The van der Waals surface area contributed by atoms with Crippen molar-refractivity contribution in [3.05, 3.63) is 18.2 Å². The van der Waals surface area contributed by atoms with E-state index < -0.39 is 0 Å². The molecule has 1 aromatic rings. The molecule has 1 fully saturated rings. The Morgan fingerprint density at radius 1 is 1.47 bits per heavy atom. The van der Waals surface area contributed by atoms with Gasteiger partial charge in [0.15, 0.2) is 0 Å². The molecule has 0 aromatic heterocycles. The molecule has 17 heavy (non-hydrogen) atoms. The second-order valence-electron chi connectivity index (χ2n) is 4.79. The van der Waals surface area contributed by atoms with Crippen LogP contribution in [0.3, 0.4) is 0 Å². The van der Waals surface area contributed by atoms with E-state index in [2.05, 4.69) is 17.9 Å². The Hall–Kier alpha value is -1.38. The van der Waals surface area contributed by atoms with Crippen LogP contribution < -0.4 is 15.4 Å². The van der Waals surface area contributed by atoms with Gasteiger partial charge in [0.2, 0.25) is 0 Å². The summed E-state index contributed by atoms with van der Waals surface area (Å²) >= 11 is 0. The van der Waals surface area contributed by atoms with Crippen molar-refractivity contribution in [2.45, 2.75) is 26.2 Å². The van der Waals surface area contributed by atoms with Crippen LogP contribution in [-0.4, -0.2) is 20.2 Å². The molecule has 1 aromatic carbocycles. The summed E-state index contributed by atoms with van der Waals surface area (Å²) in [5.41, 5.74) is 7.78. The van der Waals surface area contributed by atoms with Gasteiger partial charge in [0.25, 0.3) is 0 Å². The lowest BCUT2D eigenvalue weighted by Crippen LogP contribution is -2.35. The average Bonchev–Trinajstić information content (AvgIpc) is 2.39. The van der Waals surface area contributed by atoms with Gasteiger partial charge in [-0.3, -0.25) is 0 Å². The van der Waals surface area contributed by atoms with Crippen molar-refractivity contribution in [3.63, 3.8) is 0 Å². The zero-order valence-corrected chi connectivity index (χ0v) is 10.8. The van der Waals surface area contributed by atoms with E-state index in [1.54, 1.807) is 7.11 Å². The number of nitrogens with zero attached hydrogens (tertiary/aromatic N) is 1. The number of hydrogen-bond donors (Lipinski definition) is 1. The van der Waals surface area contributed by atoms with E-state index in [4.69, 9.17) is 10.5 Å². The number of ether oxygens (including phenoxy) is 1. The lowest BCUT2D eigenvalue weighted by molar-refractivity contribution is 0.402. The van der Waals surface area contributed by atoms with Crippen molar-refractivity contribution >= 4 is 11.4 Å². The first kappa shape index (κ1) is 12.1. The van der Waals surface area contributed by atoms with Gasteiger partial charge in [0, 0.05) is 24.8 Å². The zero-order chi connectivity index (χ0) is 12.3. The number of rotatable bonds is 3. The Labute approximate surface area is 104 Å². The fraction of sp³-hybridized carbons (Fsp3) is 0.571. The lowest BCUT2D eigenvalue weighted by Gasteiger charge is -2.34. The third-order valence-corrected chi connectivity index (χ3v) is 3.68. The van der Waals surface area contributed by atoms with Crippen molar-refractivity contribution in [1.82, 2.24) is 0 Å². The van der Waals surface area contributed by atoms with Gasteiger partial charge < -0.3 is 15.4 Å². The molecule has 1 aliphatic heterocycles. The molecule has 1 unspecified atom stereocenters. The Kier molecular flexibility index (Phi) is 3.77. The highest BCUT2D eigenvalue weighted by Crippen LogP contribution is 2.30. The smallest absolute Gasteiger partial charge is 0.143 e. The molecular formula is C14H22N2O. The van der Waals surface area contributed by atoms with Crippen molar-refractivity contribution in [1.29, 1.82) is 0 Å². The van der Waals surface area contributed by atoms with Crippen LogP contribution in [0, 0.1) is 5.92 Å². The third-order valence-electron chi connectivity index (χ3n) is 3.68. The molecular weight excluding hydrogens is 212 g/mol. The van der Waals surface area contributed by atoms with E-state index in [1.165, 1.54) is 24.9 Å². The molecule has 2 rings (SSSR count). The minimum absolute atomic E-state index is 0.709. The summed E-state index contributed by atoms with van der Waals surface area (Å²) in [6, 6.07) is 6.08. The number of hydrogen-bond acceptors (Lipinski definition) is 3. The van der Waals surface area contributed by atoms with Gasteiger partial charge in [0.05, 0.1) is 12.8 Å². The second-order valence-corrected chi connectivity index (χ2v) is 4.79. The molecule has 1 heterocycles. The molecule has 0 bridgehead atoms. The Morgan fingerprint density at radius 2 is 2.29 bits per heavy atom. The maximum Gasteiger partial charge on any atom is 0.143 e. The zero-order valence-electron chi connectivity index (χ0n) is 10.8. The number of benzene rings is 1. The minimum atomic E-state index is 0.709. The third kappa shape index (κ3) is 2.65. The van der Waals surface area contributed by atoms with E-state index in [0.29, 0.717) is 5.69 Å². The molecule has 0 saturated carbocycles. The first-order valence-corrected chi connectivity index (χ1v) is 6.43. The number of nitrogen functional groups attached to an aromatic ring is 1. The highest BCUT2D eigenvalue weighted by atomic mass is 16.5. The molecule has 1 aliphatic rings. The summed E-state index contributed by atoms with van der Waals surface area (Å²) in [6.07, 6.45) is 3.91. The molecule has 94 valence electrons. The SMILES string of the molecule is CCC1CCCN(c2ccc(N)c(OC)c2)C1. The Balaban J connectivity index is 2.16. The molecule has 0 spiro atoms. The Morgan fingerprint density at radius 3 is 3.00 bits per heavy atom. The number of piperidine rings is 1. The molecule has 0 amide bonds. The van der Waals surface area contributed by atoms with Gasteiger partial charge >= 0.3 is 0 Å². The Bertz CT molecular complexity index is 378. The van der Waals surface area contributed by atoms with Crippen molar-refractivity contribution < 1.29 is 4.74 Å². The maximum absolute atomic E-state index is 5.84. The quantitative estimate of drug-likeness (QED) is 0.817. The summed E-state index contributed by atoms with van der Waals surface area (Å²) in [7, 11) is 1.67. The summed E-state index contributed by atoms with van der Waals surface area (Å²) < 4.78 is 5.28. The summed E-state index contributed by atoms with van der Waals surface area (Å²) in [5.74, 6) is 1.61. The van der Waals surface area contributed by atoms with Crippen molar-refractivity contribution in [3.8, 4) is 5.75 Å². The van der Waals surface area contributed by atoms with Crippen LogP contribution in [0.4, 0.5) is 11.4 Å². The van der Waals surface area contributed by atoms with Gasteiger partial charge in [-0.1, -0.05) is 13.3 Å². The number of anilines is 2. The van der Waals surface area contributed by atoms with E-state index in [0.717, 1.165) is 24.8 Å². The summed E-state index contributed by atoms with van der Waals surface area (Å²) in [6.45, 7) is 4.57.